The van der Waals surface area contributed by atoms with Gasteiger partial charge < -0.3 is 38.6 Å². The second kappa shape index (κ2) is 10.9. The number of aliphatic hydroxyl groups excluding tert-OH is 1. The highest BCUT2D eigenvalue weighted by Crippen LogP contribution is 2.62. The normalized spacial score (nSPS) is 44.3. The van der Waals surface area contributed by atoms with Gasteiger partial charge in [0.1, 0.15) is 23.9 Å². The van der Waals surface area contributed by atoms with E-state index in [1.165, 1.54) is 26.0 Å². The average molecular weight is 615 g/mol. The van der Waals surface area contributed by atoms with Crippen LogP contribution in [0.1, 0.15) is 41.5 Å². The van der Waals surface area contributed by atoms with Crippen LogP contribution in [0.15, 0.2) is 24.3 Å². The van der Waals surface area contributed by atoms with Crippen molar-refractivity contribution in [2.24, 2.45) is 17.3 Å². The molecule has 12 atom stereocenters. The van der Waals surface area contributed by atoms with Crippen molar-refractivity contribution < 1.29 is 62.6 Å². The first kappa shape index (κ1) is 31.9. The van der Waals surface area contributed by atoms with Gasteiger partial charge in [0.15, 0.2) is 23.9 Å². The zero-order chi connectivity index (χ0) is 31.5. The van der Waals surface area contributed by atoms with Crippen molar-refractivity contribution in [1.29, 1.82) is 0 Å². The average Bonchev–Trinajstić information content (AvgIpc) is 3.64. The monoisotopic (exact) mass is 614 g/mol. The molecule has 232 valence electrons. The summed E-state index contributed by atoms with van der Waals surface area (Å²) >= 11 is 6.71. The van der Waals surface area contributed by atoms with E-state index in [1.807, 2.05) is 0 Å². The van der Waals surface area contributed by atoms with Crippen LogP contribution >= 0.6 is 11.6 Å². The third kappa shape index (κ3) is 4.89. The first-order chi connectivity index (χ1) is 19.4. The molecule has 2 saturated heterocycles. The molecule has 4 rings (SSSR count). The summed E-state index contributed by atoms with van der Waals surface area (Å²) in [5.41, 5.74) is -5.74. The van der Waals surface area contributed by atoms with Crippen LogP contribution in [0.4, 0.5) is 0 Å². The van der Waals surface area contributed by atoms with Crippen LogP contribution in [0.5, 0.6) is 0 Å². The van der Waals surface area contributed by atoms with Gasteiger partial charge in [-0.3, -0.25) is 24.0 Å². The van der Waals surface area contributed by atoms with Crippen LogP contribution in [0.25, 0.3) is 0 Å². The van der Waals surface area contributed by atoms with Crippen molar-refractivity contribution >= 4 is 41.4 Å². The van der Waals surface area contributed by atoms with Crippen molar-refractivity contribution in [2.75, 3.05) is 6.61 Å². The predicted octanol–water partition coefficient (Wildman–Crippen LogP) is 0.505. The highest BCUT2D eigenvalue weighted by molar-refractivity contribution is 6.23. The molecule has 0 amide bonds. The molecule has 4 aliphatic rings. The fourth-order valence-electron chi connectivity index (χ4n) is 6.85. The molecule has 13 nitrogen and oxygen atoms in total. The van der Waals surface area contributed by atoms with Gasteiger partial charge in [-0.25, -0.2) is 0 Å². The Morgan fingerprint density at radius 3 is 2.02 bits per heavy atom. The quantitative estimate of drug-likeness (QED) is 0.193. The number of halogens is 1. The lowest BCUT2D eigenvalue weighted by molar-refractivity contribution is -0.278. The first-order valence-corrected chi connectivity index (χ1v) is 13.8. The van der Waals surface area contributed by atoms with E-state index in [0.29, 0.717) is 0 Å². The molecule has 2 aliphatic carbocycles. The molecule has 0 aromatic carbocycles. The van der Waals surface area contributed by atoms with Crippen LogP contribution < -0.4 is 0 Å². The van der Waals surface area contributed by atoms with E-state index in [-0.39, 0.29) is 12.2 Å². The second-order valence-electron chi connectivity index (χ2n) is 11.5. The number of esters is 5. The number of alkyl halides is 1. The number of rotatable bonds is 4. The van der Waals surface area contributed by atoms with Crippen molar-refractivity contribution in [3.05, 3.63) is 24.3 Å². The number of carbonyl (C=O) groups excluding carboxylic acids is 5. The lowest BCUT2D eigenvalue weighted by Gasteiger charge is -2.59. The van der Waals surface area contributed by atoms with Gasteiger partial charge in [0, 0.05) is 33.6 Å². The topological polar surface area (TPSA) is 184 Å². The number of epoxide rings is 1. The van der Waals surface area contributed by atoms with Gasteiger partial charge >= 0.3 is 29.8 Å². The minimum Gasteiger partial charge on any atom is -0.459 e. The number of allylic oxidation sites excluding steroid dienone is 1. The van der Waals surface area contributed by atoms with E-state index < -0.39 is 100 Å². The number of hydrogen-bond acceptors (Lipinski definition) is 13. The van der Waals surface area contributed by atoms with Crippen LogP contribution in [0.2, 0.25) is 0 Å². The first-order valence-electron chi connectivity index (χ1n) is 13.4. The smallest absolute Gasteiger partial charge is 0.312 e. The van der Waals surface area contributed by atoms with Gasteiger partial charge in [-0.1, -0.05) is 19.6 Å². The largest absolute Gasteiger partial charge is 0.459 e. The van der Waals surface area contributed by atoms with Crippen molar-refractivity contribution in [3.8, 4) is 0 Å². The molecule has 14 heteroatoms. The molecule has 0 aromatic rings. The standard InChI is InChI=1S/C28H35ClO13/c1-11-8-9-17(38-13(3)30)26(7)20(24(41-16(6)33)28(36)12(2)25(35)42-22(28)18(11)29)27(10-37-27)21(34)19(39-14(4)31)23(26)40-15(5)32/h8-9,12,17-24,34,36H,1,10H2,2-7H3. The zero-order valence-electron chi connectivity index (χ0n) is 24.0. The maximum atomic E-state index is 13.0. The van der Waals surface area contributed by atoms with Gasteiger partial charge in [0.2, 0.25) is 0 Å². The summed E-state index contributed by atoms with van der Waals surface area (Å²) in [5, 5.41) is 23.0. The van der Waals surface area contributed by atoms with Crippen LogP contribution in [0, 0.1) is 17.3 Å². The SMILES string of the molecule is C=C1C=CC(OC(C)=O)C2(C)C(OC(C)=O)C(OC(C)=O)C(O)C3(CO3)C2C(OC(C)=O)C2(O)C(C)C(=O)OC2C1Cl. The highest BCUT2D eigenvalue weighted by Gasteiger charge is 2.80. The molecule has 2 N–H and O–H groups in total. The van der Waals surface area contributed by atoms with E-state index in [2.05, 4.69) is 6.58 Å². The third-order valence-corrected chi connectivity index (χ3v) is 9.31. The van der Waals surface area contributed by atoms with Gasteiger partial charge in [0.05, 0.1) is 23.3 Å². The maximum Gasteiger partial charge on any atom is 0.312 e. The number of carbonyl (C=O) groups is 5. The Morgan fingerprint density at radius 1 is 1.00 bits per heavy atom. The highest BCUT2D eigenvalue weighted by atomic mass is 35.5. The molecular formula is C28H35ClO13. The molecular weight excluding hydrogens is 580 g/mol. The van der Waals surface area contributed by atoms with E-state index >= 15 is 0 Å². The Hall–Kier alpha value is -3.00. The summed E-state index contributed by atoms with van der Waals surface area (Å²) in [5.74, 6) is -6.93. The molecule has 1 spiro atoms. The lowest BCUT2D eigenvalue weighted by atomic mass is 9.51. The summed E-state index contributed by atoms with van der Waals surface area (Å²) in [6.45, 7) is 11.0. The predicted molar refractivity (Wildman–Crippen MR) is 140 cm³/mol. The van der Waals surface area contributed by atoms with Gasteiger partial charge in [0.25, 0.3) is 0 Å². The zero-order valence-corrected chi connectivity index (χ0v) is 24.8. The summed E-state index contributed by atoms with van der Waals surface area (Å²) in [7, 11) is 0. The fraction of sp³-hybridized carbons (Fsp3) is 0.679. The molecule has 2 aliphatic heterocycles. The maximum absolute atomic E-state index is 13.0. The second-order valence-corrected chi connectivity index (χ2v) is 12.0. The third-order valence-electron chi connectivity index (χ3n) is 8.80. The van der Waals surface area contributed by atoms with Crippen LogP contribution in [-0.2, 0) is 52.4 Å². The Labute approximate surface area is 247 Å². The Bertz CT molecular complexity index is 1230. The summed E-state index contributed by atoms with van der Waals surface area (Å²) in [6.07, 6.45) is -6.67. The van der Waals surface area contributed by atoms with E-state index in [4.69, 9.17) is 40.0 Å². The van der Waals surface area contributed by atoms with Gasteiger partial charge in [-0.15, -0.1) is 11.6 Å². The summed E-state index contributed by atoms with van der Waals surface area (Å²) in [4.78, 5) is 62.9. The van der Waals surface area contributed by atoms with E-state index in [9.17, 15) is 34.2 Å². The van der Waals surface area contributed by atoms with Crippen molar-refractivity contribution in [2.45, 2.75) is 94.7 Å². The molecule has 1 saturated carbocycles. The lowest BCUT2D eigenvalue weighted by Crippen LogP contribution is -2.76. The van der Waals surface area contributed by atoms with Crippen molar-refractivity contribution in [1.82, 2.24) is 0 Å². The van der Waals surface area contributed by atoms with E-state index in [0.717, 1.165) is 27.7 Å². The number of aliphatic hydroxyl groups is 2. The molecule has 3 fully saturated rings. The Morgan fingerprint density at radius 2 is 1.52 bits per heavy atom. The summed E-state index contributed by atoms with van der Waals surface area (Å²) in [6, 6.07) is 0. The Kier molecular flexibility index (Phi) is 8.31. The number of fused-ring (bicyclic) bond motifs is 3. The minimum atomic E-state index is -2.37. The fourth-order valence-corrected chi connectivity index (χ4v) is 7.17. The van der Waals surface area contributed by atoms with Crippen molar-refractivity contribution in [3.63, 3.8) is 0 Å². The summed E-state index contributed by atoms with van der Waals surface area (Å²) < 4.78 is 34.2. The van der Waals surface area contributed by atoms with E-state index in [1.54, 1.807) is 0 Å². The number of ether oxygens (including phenoxy) is 6. The minimum absolute atomic E-state index is 0.136. The van der Waals surface area contributed by atoms with Gasteiger partial charge in [-0.05, 0) is 18.6 Å². The molecule has 0 bridgehead atoms. The molecule has 0 aromatic heterocycles. The number of hydrogen-bond donors (Lipinski definition) is 2. The van der Waals surface area contributed by atoms with Crippen LogP contribution in [-0.4, -0.2) is 99.9 Å². The molecule has 0 radical (unpaired) electrons. The molecule has 12 unspecified atom stereocenters. The van der Waals surface area contributed by atoms with Gasteiger partial charge in [-0.2, -0.15) is 0 Å². The molecule has 2 heterocycles. The molecule has 42 heavy (non-hydrogen) atoms. The Balaban J connectivity index is 2.13. The van der Waals surface area contributed by atoms with Crippen LogP contribution in [0.3, 0.4) is 0 Å².